The summed E-state index contributed by atoms with van der Waals surface area (Å²) >= 11 is 0. The van der Waals surface area contributed by atoms with Gasteiger partial charge >= 0.3 is 0 Å². The zero-order valence-electron chi connectivity index (χ0n) is 7.42. The fourth-order valence-corrected chi connectivity index (χ4v) is 1.44. The van der Waals surface area contributed by atoms with Crippen molar-refractivity contribution in [2.24, 2.45) is 0 Å². The van der Waals surface area contributed by atoms with Gasteiger partial charge in [0, 0.05) is 12.1 Å². The van der Waals surface area contributed by atoms with Crippen LogP contribution in [0.4, 0.5) is 4.39 Å². The molecule has 1 aliphatic rings. The number of hydrogen-bond acceptors (Lipinski definition) is 4. The molecule has 1 aromatic rings. The Morgan fingerprint density at radius 3 is 3.00 bits per heavy atom. The molecule has 0 aromatic heterocycles. The number of ether oxygens (including phenoxy) is 2. The van der Waals surface area contributed by atoms with Crippen LogP contribution >= 0.6 is 0 Å². The molecule has 1 heterocycles. The van der Waals surface area contributed by atoms with Gasteiger partial charge in [-0.2, -0.15) is 0 Å². The van der Waals surface area contributed by atoms with Crippen molar-refractivity contribution in [3.63, 3.8) is 0 Å². The van der Waals surface area contributed by atoms with E-state index in [0.717, 1.165) is 0 Å². The Balaban J connectivity index is 2.41. The molecule has 0 spiro atoms. The molecule has 0 saturated heterocycles. The number of rotatable bonds is 3. The van der Waals surface area contributed by atoms with Gasteiger partial charge in [0.25, 0.3) is 0 Å². The van der Waals surface area contributed by atoms with E-state index in [1.165, 1.54) is 0 Å². The van der Waals surface area contributed by atoms with Gasteiger partial charge in [-0.25, -0.2) is 9.87 Å². The third kappa shape index (κ3) is 1.51. The van der Waals surface area contributed by atoms with E-state index in [-0.39, 0.29) is 13.3 Å². The molecule has 1 aliphatic heterocycles. The summed E-state index contributed by atoms with van der Waals surface area (Å²) in [6, 6.07) is 3.24. The predicted molar refractivity (Wildman–Crippen MR) is 46.0 cm³/mol. The summed E-state index contributed by atoms with van der Waals surface area (Å²) in [7, 11) is 0. The van der Waals surface area contributed by atoms with Crippen LogP contribution in [-0.4, -0.2) is 12.0 Å². The summed E-state index contributed by atoms with van der Waals surface area (Å²) in [6.45, 7) is -0.210. The van der Waals surface area contributed by atoms with E-state index in [0.29, 0.717) is 22.6 Å². The van der Waals surface area contributed by atoms with Crippen LogP contribution in [0.25, 0.3) is 0 Å². The average Bonchev–Trinajstić information content (AvgIpc) is 2.66. The molecule has 2 N–H and O–H groups in total. The van der Waals surface area contributed by atoms with Crippen molar-refractivity contribution in [3.8, 4) is 11.5 Å². The van der Waals surface area contributed by atoms with Crippen LogP contribution in [0, 0.1) is 0 Å². The predicted octanol–water partition coefficient (Wildman–Crippen LogP) is 1.36. The van der Waals surface area contributed by atoms with Crippen LogP contribution in [0.15, 0.2) is 12.1 Å². The van der Waals surface area contributed by atoms with Crippen LogP contribution in [0.1, 0.15) is 11.1 Å². The van der Waals surface area contributed by atoms with Gasteiger partial charge in [0.1, 0.15) is 6.67 Å². The van der Waals surface area contributed by atoms with Crippen molar-refractivity contribution < 1.29 is 19.1 Å². The van der Waals surface area contributed by atoms with Crippen molar-refractivity contribution in [3.05, 3.63) is 23.3 Å². The average molecular weight is 199 g/mol. The van der Waals surface area contributed by atoms with Gasteiger partial charge in [0.05, 0.1) is 0 Å². The molecule has 1 aromatic carbocycles. The molecule has 0 atom stereocenters. The normalized spacial score (nSPS) is 13.3. The highest BCUT2D eigenvalue weighted by molar-refractivity contribution is 5.50. The third-order valence-corrected chi connectivity index (χ3v) is 2.03. The summed E-state index contributed by atoms with van der Waals surface area (Å²) in [4.78, 5) is 0. The summed E-state index contributed by atoms with van der Waals surface area (Å²) in [6.07, 6.45) is 0. The second-order valence-electron chi connectivity index (χ2n) is 2.96. The highest BCUT2D eigenvalue weighted by Crippen LogP contribution is 2.36. The van der Waals surface area contributed by atoms with Crippen LogP contribution in [0.3, 0.4) is 0 Å². The van der Waals surface area contributed by atoms with Crippen LogP contribution in [0.5, 0.6) is 11.5 Å². The molecule has 0 radical (unpaired) electrons. The second-order valence-corrected chi connectivity index (χ2v) is 2.96. The summed E-state index contributed by atoms with van der Waals surface area (Å²) < 4.78 is 22.8. The highest BCUT2D eigenvalue weighted by atomic mass is 19.1. The SMILES string of the molecule is ONCc1cc(CF)cc2c1OCO2. The monoisotopic (exact) mass is 199 g/mol. The Morgan fingerprint density at radius 2 is 2.29 bits per heavy atom. The fourth-order valence-electron chi connectivity index (χ4n) is 1.44. The van der Waals surface area contributed by atoms with Crippen molar-refractivity contribution in [1.29, 1.82) is 0 Å². The number of hydroxylamine groups is 1. The number of halogens is 1. The molecular formula is C9H10FNO3. The number of fused-ring (bicyclic) bond motifs is 1. The summed E-state index contributed by atoms with van der Waals surface area (Å²) in [5.41, 5.74) is 3.21. The van der Waals surface area contributed by atoms with E-state index < -0.39 is 6.67 Å². The summed E-state index contributed by atoms with van der Waals surface area (Å²) in [5, 5.41) is 8.57. The largest absolute Gasteiger partial charge is 0.454 e. The lowest BCUT2D eigenvalue weighted by molar-refractivity contribution is 0.155. The number of hydrogen-bond donors (Lipinski definition) is 2. The van der Waals surface area contributed by atoms with Gasteiger partial charge in [-0.15, -0.1) is 0 Å². The molecule has 0 amide bonds. The zero-order chi connectivity index (χ0) is 9.97. The van der Waals surface area contributed by atoms with E-state index >= 15 is 0 Å². The maximum Gasteiger partial charge on any atom is 0.231 e. The van der Waals surface area contributed by atoms with Gasteiger partial charge in [0.2, 0.25) is 6.79 Å². The minimum Gasteiger partial charge on any atom is -0.454 e. The van der Waals surface area contributed by atoms with E-state index in [2.05, 4.69) is 0 Å². The molecule has 4 nitrogen and oxygen atoms in total. The lowest BCUT2D eigenvalue weighted by Crippen LogP contribution is -2.07. The van der Waals surface area contributed by atoms with Gasteiger partial charge in [0.15, 0.2) is 11.5 Å². The van der Waals surface area contributed by atoms with E-state index in [1.54, 1.807) is 12.1 Å². The molecule has 14 heavy (non-hydrogen) atoms. The Bertz CT molecular complexity index is 343. The van der Waals surface area contributed by atoms with E-state index in [4.69, 9.17) is 14.7 Å². The second kappa shape index (κ2) is 3.81. The topological polar surface area (TPSA) is 50.7 Å². The summed E-state index contributed by atoms with van der Waals surface area (Å²) in [5.74, 6) is 1.11. The first-order valence-electron chi connectivity index (χ1n) is 4.19. The number of alkyl halides is 1. The first kappa shape index (κ1) is 9.23. The van der Waals surface area contributed by atoms with Gasteiger partial charge in [-0.05, 0) is 17.7 Å². The number of benzene rings is 1. The van der Waals surface area contributed by atoms with Crippen LogP contribution < -0.4 is 15.0 Å². The lowest BCUT2D eigenvalue weighted by Gasteiger charge is -2.06. The fraction of sp³-hybridized carbons (Fsp3) is 0.333. The Hall–Kier alpha value is -1.33. The molecule has 0 fully saturated rings. The first-order chi connectivity index (χ1) is 6.85. The van der Waals surface area contributed by atoms with Gasteiger partial charge < -0.3 is 14.7 Å². The molecule has 0 bridgehead atoms. The van der Waals surface area contributed by atoms with Gasteiger partial charge in [-0.1, -0.05) is 0 Å². The molecule has 5 heteroatoms. The Kier molecular flexibility index (Phi) is 2.51. The maximum absolute atomic E-state index is 12.4. The third-order valence-electron chi connectivity index (χ3n) is 2.03. The van der Waals surface area contributed by atoms with E-state index in [1.807, 2.05) is 5.48 Å². The minimum absolute atomic E-state index is 0.142. The standard InChI is InChI=1S/C9H10FNO3/c10-3-6-1-7(4-11-12)9-8(2-6)13-5-14-9/h1-2,11-12H,3-5H2. The minimum atomic E-state index is -0.560. The molecule has 0 unspecified atom stereocenters. The Morgan fingerprint density at radius 1 is 1.43 bits per heavy atom. The highest BCUT2D eigenvalue weighted by Gasteiger charge is 2.18. The molecule has 0 saturated carbocycles. The maximum atomic E-state index is 12.4. The van der Waals surface area contributed by atoms with Crippen molar-refractivity contribution in [1.82, 2.24) is 5.48 Å². The van der Waals surface area contributed by atoms with Crippen molar-refractivity contribution in [2.45, 2.75) is 13.2 Å². The zero-order valence-corrected chi connectivity index (χ0v) is 7.42. The molecule has 76 valence electrons. The smallest absolute Gasteiger partial charge is 0.231 e. The van der Waals surface area contributed by atoms with Crippen molar-refractivity contribution in [2.75, 3.05) is 6.79 Å². The quantitative estimate of drug-likeness (QED) is 0.722. The van der Waals surface area contributed by atoms with E-state index in [9.17, 15) is 4.39 Å². The van der Waals surface area contributed by atoms with Crippen LogP contribution in [0.2, 0.25) is 0 Å². The molecule has 2 rings (SSSR count). The lowest BCUT2D eigenvalue weighted by atomic mass is 10.1. The van der Waals surface area contributed by atoms with Gasteiger partial charge in [-0.3, -0.25) is 0 Å². The van der Waals surface area contributed by atoms with Crippen LogP contribution in [-0.2, 0) is 13.2 Å². The number of nitrogens with one attached hydrogen (secondary N) is 1. The van der Waals surface area contributed by atoms with Crippen molar-refractivity contribution >= 4 is 0 Å². The Labute approximate surface area is 80.2 Å². The first-order valence-corrected chi connectivity index (χ1v) is 4.19. The molecule has 0 aliphatic carbocycles. The molecular weight excluding hydrogens is 189 g/mol.